The lowest BCUT2D eigenvalue weighted by atomic mass is 10.1. The van der Waals surface area contributed by atoms with Gasteiger partial charge in [0.2, 0.25) is 0 Å². The molecule has 3 N–H and O–H groups in total. The SMILES string of the molecule is C[NH+](CC(=O)Nc1ccccc1C(=O)NC1CC1)Cc1ccc(F)cc1. The van der Waals surface area contributed by atoms with Crippen molar-refractivity contribution in [2.75, 3.05) is 18.9 Å². The number of quaternary nitrogens is 1. The van der Waals surface area contributed by atoms with Crippen molar-refractivity contribution in [3.05, 3.63) is 65.5 Å². The van der Waals surface area contributed by atoms with E-state index in [-0.39, 0.29) is 30.2 Å². The first kappa shape index (κ1) is 18.1. The zero-order chi connectivity index (χ0) is 18.5. The number of amides is 2. The molecule has 1 aliphatic carbocycles. The minimum absolute atomic E-state index is 0.157. The van der Waals surface area contributed by atoms with Crippen LogP contribution in [0.2, 0.25) is 0 Å². The lowest BCUT2D eigenvalue weighted by molar-refractivity contribution is -0.885. The standard InChI is InChI=1S/C20H22FN3O2/c1-24(12-14-6-8-15(21)9-7-14)13-19(25)23-18-5-3-2-4-17(18)20(26)22-16-10-11-16/h2-9,16H,10-13H2,1H3,(H,22,26)(H,23,25)/p+1. The molecule has 2 amide bonds. The fourth-order valence-corrected chi connectivity index (χ4v) is 2.76. The van der Waals surface area contributed by atoms with Crippen molar-refractivity contribution in [2.24, 2.45) is 0 Å². The van der Waals surface area contributed by atoms with Crippen LogP contribution in [0.1, 0.15) is 28.8 Å². The summed E-state index contributed by atoms with van der Waals surface area (Å²) in [5.74, 6) is -0.600. The van der Waals surface area contributed by atoms with Crippen LogP contribution in [0, 0.1) is 5.82 Å². The highest BCUT2D eigenvalue weighted by Crippen LogP contribution is 2.21. The summed E-state index contributed by atoms with van der Waals surface area (Å²) in [6, 6.07) is 13.5. The Kier molecular flexibility index (Phi) is 5.63. The summed E-state index contributed by atoms with van der Waals surface area (Å²) >= 11 is 0. The summed E-state index contributed by atoms with van der Waals surface area (Å²) < 4.78 is 13.0. The average molecular weight is 356 g/mol. The van der Waals surface area contributed by atoms with Gasteiger partial charge in [0.05, 0.1) is 18.3 Å². The molecule has 0 aliphatic heterocycles. The molecule has 0 bridgehead atoms. The molecule has 0 aromatic heterocycles. The Morgan fingerprint density at radius 2 is 1.81 bits per heavy atom. The third-order valence-corrected chi connectivity index (χ3v) is 4.24. The van der Waals surface area contributed by atoms with Gasteiger partial charge < -0.3 is 15.5 Å². The van der Waals surface area contributed by atoms with Crippen molar-refractivity contribution in [1.82, 2.24) is 5.32 Å². The zero-order valence-corrected chi connectivity index (χ0v) is 14.7. The molecule has 1 fully saturated rings. The number of benzene rings is 2. The molecule has 6 heteroatoms. The quantitative estimate of drug-likeness (QED) is 0.702. The number of likely N-dealkylation sites (N-methyl/N-ethyl adjacent to an activating group) is 1. The molecule has 1 saturated carbocycles. The Balaban J connectivity index is 1.57. The molecular formula is C20H23FN3O2+. The summed E-state index contributed by atoms with van der Waals surface area (Å²) in [5, 5.41) is 5.77. The summed E-state index contributed by atoms with van der Waals surface area (Å²) in [4.78, 5) is 25.6. The van der Waals surface area contributed by atoms with E-state index in [0.29, 0.717) is 17.8 Å². The van der Waals surface area contributed by atoms with Gasteiger partial charge in [-0.05, 0) is 37.1 Å². The molecule has 1 atom stereocenters. The number of rotatable bonds is 7. The molecule has 0 heterocycles. The van der Waals surface area contributed by atoms with Gasteiger partial charge in [-0.15, -0.1) is 0 Å². The van der Waals surface area contributed by atoms with E-state index >= 15 is 0 Å². The lowest BCUT2D eigenvalue weighted by Gasteiger charge is -2.15. The Bertz CT molecular complexity index is 788. The highest BCUT2D eigenvalue weighted by atomic mass is 19.1. The van der Waals surface area contributed by atoms with Crippen LogP contribution in [0.4, 0.5) is 10.1 Å². The summed E-state index contributed by atoms with van der Waals surface area (Å²) in [6.07, 6.45) is 2.02. The lowest BCUT2D eigenvalue weighted by Crippen LogP contribution is -3.08. The molecule has 3 rings (SSSR count). The third kappa shape index (κ3) is 5.13. The second kappa shape index (κ2) is 8.10. The zero-order valence-electron chi connectivity index (χ0n) is 14.7. The summed E-state index contributed by atoms with van der Waals surface area (Å²) in [7, 11) is 1.90. The number of carbonyl (C=O) groups is 2. The van der Waals surface area contributed by atoms with E-state index in [9.17, 15) is 14.0 Å². The summed E-state index contributed by atoms with van der Waals surface area (Å²) in [6.45, 7) is 0.855. The fourth-order valence-electron chi connectivity index (χ4n) is 2.76. The predicted octanol–water partition coefficient (Wildman–Crippen LogP) is 1.37. The van der Waals surface area contributed by atoms with Crippen LogP contribution in [0.3, 0.4) is 0 Å². The van der Waals surface area contributed by atoms with Gasteiger partial charge in [-0.3, -0.25) is 9.59 Å². The Hall–Kier alpha value is -2.73. The van der Waals surface area contributed by atoms with E-state index in [1.54, 1.807) is 36.4 Å². The van der Waals surface area contributed by atoms with Crippen molar-refractivity contribution >= 4 is 17.5 Å². The molecule has 0 saturated heterocycles. The highest BCUT2D eigenvalue weighted by molar-refractivity contribution is 6.04. The molecule has 0 spiro atoms. The van der Waals surface area contributed by atoms with Crippen LogP contribution in [0.15, 0.2) is 48.5 Å². The number of nitrogens with one attached hydrogen (secondary N) is 3. The summed E-state index contributed by atoms with van der Waals surface area (Å²) in [5.41, 5.74) is 1.95. The average Bonchev–Trinajstić information content (AvgIpc) is 3.41. The first-order valence-corrected chi connectivity index (χ1v) is 8.77. The maximum Gasteiger partial charge on any atom is 0.279 e. The van der Waals surface area contributed by atoms with Crippen LogP contribution in [-0.4, -0.2) is 31.4 Å². The van der Waals surface area contributed by atoms with Crippen molar-refractivity contribution < 1.29 is 18.9 Å². The number of halogens is 1. The molecular weight excluding hydrogens is 333 g/mol. The number of anilines is 1. The van der Waals surface area contributed by atoms with Gasteiger partial charge in [-0.2, -0.15) is 0 Å². The van der Waals surface area contributed by atoms with Gasteiger partial charge >= 0.3 is 0 Å². The first-order valence-electron chi connectivity index (χ1n) is 8.77. The maximum atomic E-state index is 13.0. The Morgan fingerprint density at radius 3 is 2.50 bits per heavy atom. The van der Waals surface area contributed by atoms with Crippen molar-refractivity contribution in [3.63, 3.8) is 0 Å². The maximum absolute atomic E-state index is 13.0. The number of hydrogen-bond acceptors (Lipinski definition) is 2. The highest BCUT2D eigenvalue weighted by Gasteiger charge is 2.25. The minimum atomic E-state index is -0.273. The van der Waals surface area contributed by atoms with E-state index in [1.807, 2.05) is 7.05 Å². The second-order valence-corrected chi connectivity index (χ2v) is 6.78. The van der Waals surface area contributed by atoms with Gasteiger partial charge in [-0.1, -0.05) is 24.3 Å². The van der Waals surface area contributed by atoms with Gasteiger partial charge in [0.1, 0.15) is 12.4 Å². The Labute approximate surface area is 152 Å². The van der Waals surface area contributed by atoms with E-state index in [0.717, 1.165) is 23.3 Å². The van der Waals surface area contributed by atoms with E-state index in [2.05, 4.69) is 10.6 Å². The smallest absolute Gasteiger partial charge is 0.279 e. The van der Waals surface area contributed by atoms with E-state index in [1.165, 1.54) is 12.1 Å². The second-order valence-electron chi connectivity index (χ2n) is 6.78. The third-order valence-electron chi connectivity index (χ3n) is 4.24. The largest absolute Gasteiger partial charge is 0.349 e. The molecule has 136 valence electrons. The van der Waals surface area contributed by atoms with E-state index in [4.69, 9.17) is 0 Å². The monoisotopic (exact) mass is 356 g/mol. The molecule has 2 aromatic rings. The molecule has 5 nitrogen and oxygen atoms in total. The Morgan fingerprint density at radius 1 is 1.12 bits per heavy atom. The van der Waals surface area contributed by atoms with Gasteiger partial charge in [0.25, 0.3) is 11.8 Å². The molecule has 2 aromatic carbocycles. The van der Waals surface area contributed by atoms with Crippen molar-refractivity contribution in [3.8, 4) is 0 Å². The predicted molar refractivity (Wildman–Crippen MR) is 97.4 cm³/mol. The normalized spacial score (nSPS) is 14.5. The van der Waals surface area contributed by atoms with Crippen LogP contribution in [0.25, 0.3) is 0 Å². The van der Waals surface area contributed by atoms with Crippen LogP contribution in [0.5, 0.6) is 0 Å². The van der Waals surface area contributed by atoms with E-state index < -0.39 is 0 Å². The molecule has 26 heavy (non-hydrogen) atoms. The molecule has 1 aliphatic rings. The van der Waals surface area contributed by atoms with Crippen LogP contribution < -0.4 is 15.5 Å². The number of para-hydroxylation sites is 1. The van der Waals surface area contributed by atoms with Crippen LogP contribution in [-0.2, 0) is 11.3 Å². The van der Waals surface area contributed by atoms with Crippen molar-refractivity contribution in [2.45, 2.75) is 25.4 Å². The molecule has 0 radical (unpaired) electrons. The fraction of sp³-hybridized carbons (Fsp3) is 0.300. The number of hydrogen-bond donors (Lipinski definition) is 3. The van der Waals surface area contributed by atoms with Crippen LogP contribution >= 0.6 is 0 Å². The minimum Gasteiger partial charge on any atom is -0.349 e. The number of carbonyl (C=O) groups excluding carboxylic acids is 2. The van der Waals surface area contributed by atoms with Gasteiger partial charge in [0.15, 0.2) is 6.54 Å². The van der Waals surface area contributed by atoms with Gasteiger partial charge in [-0.25, -0.2) is 4.39 Å². The first-order chi connectivity index (χ1) is 12.5. The van der Waals surface area contributed by atoms with Gasteiger partial charge in [0, 0.05) is 11.6 Å². The molecule has 1 unspecified atom stereocenters. The van der Waals surface area contributed by atoms with Crippen molar-refractivity contribution in [1.29, 1.82) is 0 Å². The topological polar surface area (TPSA) is 62.6 Å².